The molecule has 0 aliphatic heterocycles. The first-order valence-corrected chi connectivity index (χ1v) is 8.67. The summed E-state index contributed by atoms with van der Waals surface area (Å²) in [5, 5.41) is 6.60. The maximum Gasteiger partial charge on any atom is 0.313 e. The molecule has 0 N–H and O–H groups in total. The number of benzene rings is 2. The van der Waals surface area contributed by atoms with Crippen LogP contribution in [0.2, 0.25) is 5.02 Å². The van der Waals surface area contributed by atoms with Crippen molar-refractivity contribution in [3.63, 3.8) is 0 Å². The molecule has 0 spiro atoms. The number of esters is 1. The van der Waals surface area contributed by atoms with Crippen LogP contribution in [0.15, 0.2) is 53.7 Å². The third-order valence-corrected chi connectivity index (χ3v) is 4.66. The number of halogens is 1. The maximum absolute atomic E-state index is 12.4. The van der Waals surface area contributed by atoms with Gasteiger partial charge in [-0.25, -0.2) is 4.98 Å². The van der Waals surface area contributed by atoms with E-state index in [9.17, 15) is 9.59 Å². The van der Waals surface area contributed by atoms with Crippen LogP contribution in [-0.4, -0.2) is 25.3 Å². The number of hydrogen-bond donors (Lipinski definition) is 0. The van der Waals surface area contributed by atoms with Gasteiger partial charge in [0.05, 0.1) is 18.9 Å². The van der Waals surface area contributed by atoms with Gasteiger partial charge in [0.1, 0.15) is 11.1 Å². The normalized spacial score (nSPS) is 11.2. The molecule has 2 heterocycles. The van der Waals surface area contributed by atoms with E-state index >= 15 is 0 Å². The number of hydrogen-bond acceptors (Lipinski definition) is 5. The first kappa shape index (κ1) is 17.2. The number of carbonyl (C=O) groups is 1. The van der Waals surface area contributed by atoms with E-state index in [-0.39, 0.29) is 18.5 Å². The van der Waals surface area contributed by atoms with Crippen LogP contribution >= 0.6 is 11.6 Å². The standard InChI is InChI=1S/C19H15ClN4O3/c1-23-18-14(10-22-23)19(26)24(11-21-18)9-8-17(25)27-16-7-6-15(20)12-4-2-3-5-13(12)16/h2-7,10-11H,8-9H2,1H3. The lowest BCUT2D eigenvalue weighted by Gasteiger charge is -2.09. The molecule has 0 saturated heterocycles. The molecule has 4 aromatic rings. The zero-order valence-corrected chi connectivity index (χ0v) is 15.2. The number of aromatic nitrogens is 4. The monoisotopic (exact) mass is 382 g/mol. The van der Waals surface area contributed by atoms with E-state index in [4.69, 9.17) is 16.3 Å². The van der Waals surface area contributed by atoms with Crippen molar-refractivity contribution in [2.75, 3.05) is 0 Å². The Bertz CT molecular complexity index is 1230. The Labute approximate surface area is 158 Å². The number of nitrogens with zero attached hydrogens (tertiary/aromatic N) is 4. The molecule has 0 bridgehead atoms. The van der Waals surface area contributed by atoms with Crippen molar-refractivity contribution < 1.29 is 9.53 Å². The van der Waals surface area contributed by atoms with Crippen molar-refractivity contribution in [1.29, 1.82) is 0 Å². The van der Waals surface area contributed by atoms with E-state index in [1.165, 1.54) is 21.8 Å². The summed E-state index contributed by atoms with van der Waals surface area (Å²) in [4.78, 5) is 28.9. The lowest BCUT2D eigenvalue weighted by atomic mass is 10.1. The molecular formula is C19H15ClN4O3. The van der Waals surface area contributed by atoms with Gasteiger partial charge in [-0.05, 0) is 12.1 Å². The van der Waals surface area contributed by atoms with Crippen molar-refractivity contribution in [3.8, 4) is 5.75 Å². The Morgan fingerprint density at radius 2 is 1.93 bits per heavy atom. The average Bonchev–Trinajstić information content (AvgIpc) is 3.05. The molecular weight excluding hydrogens is 368 g/mol. The highest BCUT2D eigenvalue weighted by atomic mass is 35.5. The highest BCUT2D eigenvalue weighted by molar-refractivity contribution is 6.35. The summed E-state index contributed by atoms with van der Waals surface area (Å²) in [6.07, 6.45) is 2.92. The fraction of sp³-hybridized carbons (Fsp3) is 0.158. The molecule has 136 valence electrons. The average molecular weight is 383 g/mol. The highest BCUT2D eigenvalue weighted by Crippen LogP contribution is 2.31. The molecule has 7 nitrogen and oxygen atoms in total. The summed E-state index contributed by atoms with van der Waals surface area (Å²) in [5.74, 6) is -0.00570. The topological polar surface area (TPSA) is 79.0 Å². The van der Waals surface area contributed by atoms with Gasteiger partial charge in [-0.2, -0.15) is 5.10 Å². The molecule has 0 amide bonds. The van der Waals surface area contributed by atoms with Crippen LogP contribution in [-0.2, 0) is 18.4 Å². The zero-order chi connectivity index (χ0) is 19.0. The van der Waals surface area contributed by atoms with Gasteiger partial charge in [0.2, 0.25) is 0 Å². The molecule has 0 radical (unpaired) electrons. The van der Waals surface area contributed by atoms with Crippen molar-refractivity contribution in [3.05, 3.63) is 64.3 Å². The van der Waals surface area contributed by atoms with Crippen LogP contribution in [0.4, 0.5) is 0 Å². The van der Waals surface area contributed by atoms with Gasteiger partial charge in [-0.3, -0.25) is 18.8 Å². The summed E-state index contributed by atoms with van der Waals surface area (Å²) >= 11 is 6.18. The van der Waals surface area contributed by atoms with E-state index < -0.39 is 5.97 Å². The Kier molecular flexibility index (Phi) is 4.37. The lowest BCUT2D eigenvalue weighted by Crippen LogP contribution is -2.23. The minimum Gasteiger partial charge on any atom is -0.426 e. The fourth-order valence-corrected chi connectivity index (χ4v) is 3.16. The Morgan fingerprint density at radius 3 is 2.74 bits per heavy atom. The molecule has 2 aromatic carbocycles. The molecule has 0 aliphatic carbocycles. The molecule has 0 unspecified atom stereocenters. The minimum atomic E-state index is -0.444. The molecule has 0 fully saturated rings. The van der Waals surface area contributed by atoms with Gasteiger partial charge in [0.25, 0.3) is 5.56 Å². The molecule has 4 rings (SSSR count). The van der Waals surface area contributed by atoms with Gasteiger partial charge in [-0.15, -0.1) is 0 Å². The van der Waals surface area contributed by atoms with Gasteiger partial charge in [0.15, 0.2) is 5.65 Å². The zero-order valence-electron chi connectivity index (χ0n) is 14.4. The third kappa shape index (κ3) is 3.17. The summed E-state index contributed by atoms with van der Waals surface area (Å²) in [5.41, 5.74) is 0.268. The van der Waals surface area contributed by atoms with E-state index in [1.807, 2.05) is 24.3 Å². The molecule has 2 aromatic heterocycles. The number of carbonyl (C=O) groups excluding carboxylic acids is 1. The highest BCUT2D eigenvalue weighted by Gasteiger charge is 2.12. The Morgan fingerprint density at radius 1 is 1.15 bits per heavy atom. The molecule has 0 saturated carbocycles. The number of ether oxygens (including phenoxy) is 1. The predicted octanol–water partition coefficient (Wildman–Crippen LogP) is 2.93. The van der Waals surface area contributed by atoms with E-state index in [2.05, 4.69) is 10.1 Å². The second-order valence-corrected chi connectivity index (χ2v) is 6.47. The van der Waals surface area contributed by atoms with Crippen LogP contribution in [0, 0.1) is 0 Å². The van der Waals surface area contributed by atoms with Crippen molar-refractivity contribution in [2.24, 2.45) is 7.05 Å². The van der Waals surface area contributed by atoms with E-state index in [1.54, 1.807) is 19.2 Å². The summed E-state index contributed by atoms with van der Waals surface area (Å²) in [7, 11) is 1.72. The largest absolute Gasteiger partial charge is 0.426 e. The molecule has 0 aliphatic rings. The number of rotatable bonds is 4. The SMILES string of the molecule is Cn1ncc2c(=O)n(CCC(=O)Oc3ccc(Cl)c4ccccc34)cnc21. The summed E-state index contributed by atoms with van der Waals surface area (Å²) in [6, 6.07) is 10.8. The smallest absolute Gasteiger partial charge is 0.313 e. The van der Waals surface area contributed by atoms with E-state index in [0.29, 0.717) is 21.8 Å². The predicted molar refractivity (Wildman–Crippen MR) is 102 cm³/mol. The van der Waals surface area contributed by atoms with Gasteiger partial charge >= 0.3 is 5.97 Å². The Balaban J connectivity index is 1.52. The first-order valence-electron chi connectivity index (χ1n) is 8.29. The second-order valence-electron chi connectivity index (χ2n) is 6.06. The molecule has 8 heteroatoms. The first-order chi connectivity index (χ1) is 13.0. The lowest BCUT2D eigenvalue weighted by molar-refractivity contribution is -0.134. The third-order valence-electron chi connectivity index (χ3n) is 4.33. The van der Waals surface area contributed by atoms with Gasteiger partial charge in [-0.1, -0.05) is 35.9 Å². The van der Waals surface area contributed by atoms with Crippen LogP contribution < -0.4 is 10.3 Å². The summed E-state index contributed by atoms with van der Waals surface area (Å²) in [6.45, 7) is 0.168. The fourth-order valence-electron chi connectivity index (χ4n) is 2.93. The van der Waals surface area contributed by atoms with Crippen LogP contribution in [0.1, 0.15) is 6.42 Å². The second kappa shape index (κ2) is 6.85. The van der Waals surface area contributed by atoms with Crippen LogP contribution in [0.25, 0.3) is 21.8 Å². The number of fused-ring (bicyclic) bond motifs is 2. The Hall–Kier alpha value is -3.19. The maximum atomic E-state index is 12.4. The summed E-state index contributed by atoms with van der Waals surface area (Å²) < 4.78 is 8.39. The van der Waals surface area contributed by atoms with Gasteiger partial charge < -0.3 is 4.74 Å². The van der Waals surface area contributed by atoms with Crippen molar-refractivity contribution in [1.82, 2.24) is 19.3 Å². The van der Waals surface area contributed by atoms with Gasteiger partial charge in [0, 0.05) is 29.4 Å². The molecule has 27 heavy (non-hydrogen) atoms. The quantitative estimate of drug-likeness (QED) is 0.400. The minimum absolute atomic E-state index is 0.0321. The molecule has 0 atom stereocenters. The number of aryl methyl sites for hydroxylation is 2. The van der Waals surface area contributed by atoms with Crippen molar-refractivity contribution >= 4 is 39.4 Å². The van der Waals surface area contributed by atoms with Crippen LogP contribution in [0.3, 0.4) is 0 Å². The van der Waals surface area contributed by atoms with Crippen LogP contribution in [0.5, 0.6) is 5.75 Å². The van der Waals surface area contributed by atoms with Crippen molar-refractivity contribution in [2.45, 2.75) is 13.0 Å². The van der Waals surface area contributed by atoms with E-state index in [0.717, 1.165) is 10.8 Å².